The molecule has 0 aliphatic heterocycles. The van der Waals surface area contributed by atoms with Crippen LogP contribution < -0.4 is 5.32 Å². The van der Waals surface area contributed by atoms with Gasteiger partial charge in [0.05, 0.1) is 12.1 Å². The Hall–Kier alpha value is -2.17. The number of halogens is 2. The molecule has 2 N–H and O–H groups in total. The minimum Gasteiger partial charge on any atom is -0.356 e. The maximum absolute atomic E-state index is 12.8. The van der Waals surface area contributed by atoms with E-state index in [0.29, 0.717) is 11.3 Å². The van der Waals surface area contributed by atoms with Crippen LogP contribution in [0.25, 0.3) is 5.57 Å². The van der Waals surface area contributed by atoms with Crippen LogP contribution in [0.1, 0.15) is 16.1 Å². The summed E-state index contributed by atoms with van der Waals surface area (Å²) in [4.78, 5) is 25.5. The van der Waals surface area contributed by atoms with Crippen molar-refractivity contribution in [1.29, 1.82) is 0 Å². The molecule has 1 aromatic carbocycles. The number of aromatic amines is 1. The van der Waals surface area contributed by atoms with Crippen molar-refractivity contribution >= 4 is 33.4 Å². The molecule has 0 atom stereocenters. The molecule has 0 spiro atoms. The number of rotatable bonds is 4. The number of aromatic nitrogens is 1. The van der Waals surface area contributed by atoms with E-state index >= 15 is 0 Å². The van der Waals surface area contributed by atoms with Crippen LogP contribution in [0.4, 0.5) is 4.39 Å². The maximum atomic E-state index is 12.8. The summed E-state index contributed by atoms with van der Waals surface area (Å²) in [5.41, 5.74) is 1.15. The van der Waals surface area contributed by atoms with E-state index in [0.717, 1.165) is 4.47 Å². The molecule has 20 heavy (non-hydrogen) atoms. The highest BCUT2D eigenvalue weighted by Gasteiger charge is 2.10. The Morgan fingerprint density at radius 2 is 2.05 bits per heavy atom. The third-order valence-corrected chi connectivity index (χ3v) is 3.09. The number of hydrogen-bond acceptors (Lipinski definition) is 2. The summed E-state index contributed by atoms with van der Waals surface area (Å²) in [6.07, 6.45) is 1.63. The van der Waals surface area contributed by atoms with Crippen molar-refractivity contribution < 1.29 is 14.0 Å². The summed E-state index contributed by atoms with van der Waals surface area (Å²) < 4.78 is 13.6. The first-order chi connectivity index (χ1) is 9.60. The molecule has 2 rings (SSSR count). The molecule has 6 heteroatoms. The summed E-state index contributed by atoms with van der Waals surface area (Å²) in [6, 6.07) is 7.05. The van der Waals surface area contributed by atoms with Gasteiger partial charge in [-0.2, -0.15) is 0 Å². The molecular formula is C14H10BrFN2O2. The minimum atomic E-state index is -0.390. The third kappa shape index (κ3) is 3.44. The summed E-state index contributed by atoms with van der Waals surface area (Å²) in [7, 11) is 0. The first-order valence-electron chi connectivity index (χ1n) is 5.72. The van der Waals surface area contributed by atoms with Gasteiger partial charge >= 0.3 is 0 Å². The maximum Gasteiger partial charge on any atom is 0.268 e. The Morgan fingerprint density at radius 1 is 1.35 bits per heavy atom. The van der Waals surface area contributed by atoms with Gasteiger partial charge in [-0.05, 0) is 39.7 Å². The van der Waals surface area contributed by atoms with Crippen molar-refractivity contribution in [2.45, 2.75) is 0 Å². The molecule has 0 aliphatic rings. The Bertz CT molecular complexity index is 673. The summed E-state index contributed by atoms with van der Waals surface area (Å²) in [5.74, 6) is 1.03. The van der Waals surface area contributed by atoms with Crippen LogP contribution in [0.2, 0.25) is 0 Å². The van der Waals surface area contributed by atoms with E-state index in [-0.39, 0.29) is 23.8 Å². The molecule has 0 fully saturated rings. The Morgan fingerprint density at radius 3 is 2.60 bits per heavy atom. The van der Waals surface area contributed by atoms with Crippen molar-refractivity contribution in [3.05, 3.63) is 58.1 Å². The second-order valence-electron chi connectivity index (χ2n) is 4.00. The molecule has 1 aromatic heterocycles. The second-order valence-corrected chi connectivity index (χ2v) is 4.92. The van der Waals surface area contributed by atoms with Gasteiger partial charge in [-0.15, -0.1) is 0 Å². The lowest BCUT2D eigenvalue weighted by Gasteiger charge is -2.05. The quantitative estimate of drug-likeness (QED) is 0.843. The van der Waals surface area contributed by atoms with E-state index < -0.39 is 0 Å². The van der Waals surface area contributed by atoms with E-state index in [1.54, 1.807) is 18.2 Å². The van der Waals surface area contributed by atoms with Gasteiger partial charge in [-0.3, -0.25) is 4.79 Å². The predicted molar refractivity (Wildman–Crippen MR) is 76.3 cm³/mol. The first kappa shape index (κ1) is 14.2. The minimum absolute atomic E-state index is 0.0185. The fourth-order valence-electron chi connectivity index (χ4n) is 1.61. The zero-order valence-corrected chi connectivity index (χ0v) is 11.8. The number of H-pyrrole nitrogens is 1. The third-order valence-electron chi connectivity index (χ3n) is 2.63. The van der Waals surface area contributed by atoms with Crippen molar-refractivity contribution in [1.82, 2.24) is 10.3 Å². The predicted octanol–water partition coefficient (Wildman–Crippen LogP) is 2.56. The van der Waals surface area contributed by atoms with Gasteiger partial charge in [0.2, 0.25) is 0 Å². The van der Waals surface area contributed by atoms with Crippen LogP contribution >= 0.6 is 15.9 Å². The van der Waals surface area contributed by atoms with Crippen LogP contribution in [-0.2, 0) is 4.79 Å². The number of benzene rings is 1. The number of hydrogen-bond donors (Lipinski definition) is 2. The fraction of sp³-hybridized carbons (Fsp3) is 0.0714. The zero-order valence-electron chi connectivity index (χ0n) is 10.2. The highest BCUT2D eigenvalue weighted by Crippen LogP contribution is 2.13. The molecule has 4 nitrogen and oxygen atoms in total. The first-order valence-corrected chi connectivity index (χ1v) is 6.51. The Kier molecular flexibility index (Phi) is 4.50. The van der Waals surface area contributed by atoms with Crippen LogP contribution in [0.5, 0.6) is 0 Å². The van der Waals surface area contributed by atoms with Gasteiger partial charge in [-0.25, -0.2) is 9.18 Å². The van der Waals surface area contributed by atoms with Gasteiger partial charge in [0.1, 0.15) is 17.5 Å². The largest absolute Gasteiger partial charge is 0.356 e. The normalized spacial score (nSPS) is 9.90. The monoisotopic (exact) mass is 336 g/mol. The molecule has 0 bridgehead atoms. The van der Waals surface area contributed by atoms with Crippen LogP contribution in [0.3, 0.4) is 0 Å². The van der Waals surface area contributed by atoms with E-state index in [2.05, 4.69) is 26.2 Å². The molecule has 1 heterocycles. The van der Waals surface area contributed by atoms with Crippen molar-refractivity contribution in [2.75, 3.05) is 6.54 Å². The summed E-state index contributed by atoms with van der Waals surface area (Å²) in [6.45, 7) is 0.0185. The lowest BCUT2D eigenvalue weighted by atomic mass is 10.1. The van der Waals surface area contributed by atoms with Gasteiger partial charge in [0.15, 0.2) is 0 Å². The van der Waals surface area contributed by atoms with Gasteiger partial charge in [-0.1, -0.05) is 12.1 Å². The van der Waals surface area contributed by atoms with E-state index in [1.807, 2.05) is 0 Å². The molecule has 0 saturated heterocycles. The fourth-order valence-corrected chi connectivity index (χ4v) is 1.95. The highest BCUT2D eigenvalue weighted by atomic mass is 79.9. The SMILES string of the molecule is O=C=C(CNC(=O)c1cc(Br)c[nH]1)c1ccc(F)cc1. The van der Waals surface area contributed by atoms with Gasteiger partial charge in [0.25, 0.3) is 5.91 Å². The van der Waals surface area contributed by atoms with Crippen LogP contribution in [0, 0.1) is 5.82 Å². The van der Waals surface area contributed by atoms with Gasteiger partial charge < -0.3 is 10.3 Å². The average molecular weight is 337 g/mol. The Labute approximate surface area is 122 Å². The molecule has 0 saturated carbocycles. The van der Waals surface area contributed by atoms with Gasteiger partial charge in [0, 0.05) is 10.7 Å². The molecule has 102 valence electrons. The second kappa shape index (κ2) is 6.32. The van der Waals surface area contributed by atoms with Crippen molar-refractivity contribution in [3.8, 4) is 0 Å². The number of nitrogens with one attached hydrogen (secondary N) is 2. The van der Waals surface area contributed by atoms with Crippen LogP contribution in [-0.4, -0.2) is 23.4 Å². The molecule has 2 aromatic rings. The van der Waals surface area contributed by atoms with E-state index in [1.165, 1.54) is 24.3 Å². The molecule has 0 unspecified atom stereocenters. The molecular weight excluding hydrogens is 327 g/mol. The van der Waals surface area contributed by atoms with Crippen molar-refractivity contribution in [3.63, 3.8) is 0 Å². The smallest absolute Gasteiger partial charge is 0.268 e. The standard InChI is InChI=1S/C14H10BrFN2O2/c15-11-5-13(17-7-11)14(20)18-6-10(8-19)9-1-3-12(16)4-2-9/h1-5,7,17H,6H2,(H,18,20). The van der Waals surface area contributed by atoms with Crippen LogP contribution in [0.15, 0.2) is 41.0 Å². The molecule has 0 aliphatic carbocycles. The lowest BCUT2D eigenvalue weighted by molar-refractivity contribution is 0.0954. The molecule has 1 amide bonds. The number of carbonyl (C=O) groups is 1. The molecule has 0 radical (unpaired) electrons. The van der Waals surface area contributed by atoms with E-state index in [9.17, 15) is 14.0 Å². The summed E-state index contributed by atoms with van der Waals surface area (Å²) in [5, 5.41) is 2.59. The highest BCUT2D eigenvalue weighted by molar-refractivity contribution is 9.10. The van der Waals surface area contributed by atoms with Crippen molar-refractivity contribution in [2.24, 2.45) is 0 Å². The lowest BCUT2D eigenvalue weighted by Crippen LogP contribution is -2.25. The number of carbonyl (C=O) groups excluding carboxylic acids is 2. The Balaban J connectivity index is 2.03. The topological polar surface area (TPSA) is 62.0 Å². The number of amides is 1. The van der Waals surface area contributed by atoms with E-state index in [4.69, 9.17) is 0 Å². The zero-order chi connectivity index (χ0) is 14.5. The average Bonchev–Trinajstić information content (AvgIpc) is 2.88. The summed E-state index contributed by atoms with van der Waals surface area (Å²) >= 11 is 3.22.